The maximum Gasteiger partial charge on any atom is 0.0792 e. The van der Waals surface area contributed by atoms with Crippen LogP contribution in [-0.2, 0) is 0 Å². The summed E-state index contributed by atoms with van der Waals surface area (Å²) < 4.78 is 1.06. The third kappa shape index (κ3) is 12.9. The van der Waals surface area contributed by atoms with Gasteiger partial charge in [0, 0.05) is 18.8 Å². The molecule has 4 heteroatoms. The van der Waals surface area contributed by atoms with Crippen LogP contribution in [0.2, 0.25) is 0 Å². The van der Waals surface area contributed by atoms with E-state index in [0.29, 0.717) is 0 Å². The van der Waals surface area contributed by atoms with E-state index in [2.05, 4.69) is 33.1 Å². The quantitative estimate of drug-likeness (QED) is 0.316. The molecule has 0 aromatic rings. The zero-order valence-electron chi connectivity index (χ0n) is 9.89. The van der Waals surface area contributed by atoms with Gasteiger partial charge >= 0.3 is 0 Å². The van der Waals surface area contributed by atoms with Gasteiger partial charge in [-0.1, -0.05) is 0 Å². The van der Waals surface area contributed by atoms with Crippen LogP contribution in [0.1, 0.15) is 12.8 Å². The fourth-order valence-electron chi connectivity index (χ4n) is 1.26. The van der Waals surface area contributed by atoms with Crippen molar-refractivity contribution in [1.29, 1.82) is 0 Å². The lowest BCUT2D eigenvalue weighted by Crippen LogP contribution is -3.00. The lowest BCUT2D eigenvalue weighted by atomic mass is 10.3. The molecule has 0 N–H and O–H groups in total. The molecule has 0 saturated heterocycles. The molecule has 0 radical (unpaired) electrons. The molecular weight excluding hydrogens is 310 g/mol. The summed E-state index contributed by atoms with van der Waals surface area (Å²) in [7, 11) is 8.87. The van der Waals surface area contributed by atoms with Gasteiger partial charge in [0.1, 0.15) is 0 Å². The normalized spacial score (nSPS) is 11.6. The van der Waals surface area contributed by atoms with Crippen LogP contribution in [0.3, 0.4) is 0 Å². The summed E-state index contributed by atoms with van der Waals surface area (Å²) in [6.45, 7) is 3.55. The van der Waals surface area contributed by atoms with Crippen LogP contribution >= 0.6 is 11.6 Å². The first-order valence-corrected chi connectivity index (χ1v) is 5.54. The van der Waals surface area contributed by atoms with E-state index in [1.807, 2.05) is 0 Å². The fraction of sp³-hybridized carbons (Fsp3) is 1.00. The van der Waals surface area contributed by atoms with E-state index < -0.39 is 0 Å². The van der Waals surface area contributed by atoms with Crippen molar-refractivity contribution in [2.24, 2.45) is 0 Å². The van der Waals surface area contributed by atoms with Crippen LogP contribution in [-0.4, -0.2) is 63.1 Å². The first-order chi connectivity index (χ1) is 5.95. The highest BCUT2D eigenvalue weighted by Gasteiger charge is 2.06. The second-order valence-electron chi connectivity index (χ2n) is 4.71. The molecule has 0 atom stereocenters. The third-order valence-electron chi connectivity index (χ3n) is 2.04. The monoisotopic (exact) mass is 334 g/mol. The van der Waals surface area contributed by atoms with Crippen molar-refractivity contribution in [2.45, 2.75) is 12.8 Å². The second-order valence-corrected chi connectivity index (χ2v) is 5.09. The molecule has 0 unspecified atom stereocenters. The molecule has 0 bridgehead atoms. The van der Waals surface area contributed by atoms with E-state index in [1.165, 1.54) is 19.5 Å². The fourth-order valence-corrected chi connectivity index (χ4v) is 1.38. The average Bonchev–Trinajstić information content (AvgIpc) is 1.98. The Bertz CT molecular complexity index is 126. The van der Waals surface area contributed by atoms with E-state index in [1.54, 1.807) is 0 Å². The van der Waals surface area contributed by atoms with Gasteiger partial charge in [-0.3, -0.25) is 0 Å². The SMILES string of the molecule is CN(CCCCl)CCC[N+](C)(C)C.[I-]. The third-order valence-corrected chi connectivity index (χ3v) is 2.31. The Labute approximate surface area is 111 Å². The van der Waals surface area contributed by atoms with Crippen LogP contribution in [0, 0.1) is 0 Å². The van der Waals surface area contributed by atoms with Crippen LogP contribution in [0.25, 0.3) is 0 Å². The smallest absolute Gasteiger partial charge is 0.0792 e. The highest BCUT2D eigenvalue weighted by atomic mass is 127. The van der Waals surface area contributed by atoms with Crippen molar-refractivity contribution < 1.29 is 28.5 Å². The summed E-state index contributed by atoms with van der Waals surface area (Å²) >= 11 is 5.62. The molecule has 0 aliphatic rings. The highest BCUT2D eigenvalue weighted by molar-refractivity contribution is 6.17. The lowest BCUT2D eigenvalue weighted by Gasteiger charge is -2.25. The Morgan fingerprint density at radius 1 is 1.07 bits per heavy atom. The van der Waals surface area contributed by atoms with E-state index in [9.17, 15) is 0 Å². The van der Waals surface area contributed by atoms with E-state index in [4.69, 9.17) is 11.6 Å². The highest BCUT2D eigenvalue weighted by Crippen LogP contribution is 1.96. The molecule has 0 heterocycles. The van der Waals surface area contributed by atoms with Crippen molar-refractivity contribution in [3.63, 3.8) is 0 Å². The summed E-state index contributed by atoms with van der Waals surface area (Å²) in [5.74, 6) is 0.777. The molecule has 0 fully saturated rings. The van der Waals surface area contributed by atoms with Crippen molar-refractivity contribution in [3.8, 4) is 0 Å². The standard InChI is InChI=1S/C10H24ClN2.HI/c1-12(8-5-7-11)9-6-10-13(2,3)4;/h5-10H2,1-4H3;1H/q+1;/p-1. The lowest BCUT2D eigenvalue weighted by molar-refractivity contribution is -0.870. The predicted molar refractivity (Wildman–Crippen MR) is 60.4 cm³/mol. The molecule has 0 aliphatic carbocycles. The minimum absolute atomic E-state index is 0. The molecular formula is C10H24ClIN2. The van der Waals surface area contributed by atoms with Crippen LogP contribution in [0.5, 0.6) is 0 Å². The summed E-state index contributed by atoms with van der Waals surface area (Å²) in [6, 6.07) is 0. The van der Waals surface area contributed by atoms with Crippen molar-refractivity contribution >= 4 is 11.6 Å². The maximum atomic E-state index is 5.62. The largest absolute Gasteiger partial charge is 1.00 e. The summed E-state index contributed by atoms with van der Waals surface area (Å²) in [5, 5.41) is 0. The van der Waals surface area contributed by atoms with Crippen molar-refractivity contribution in [1.82, 2.24) is 4.90 Å². The topological polar surface area (TPSA) is 3.24 Å². The van der Waals surface area contributed by atoms with Crippen molar-refractivity contribution in [2.75, 3.05) is 53.7 Å². The minimum atomic E-state index is 0. The van der Waals surface area contributed by atoms with Gasteiger partial charge in [0.2, 0.25) is 0 Å². The van der Waals surface area contributed by atoms with Gasteiger partial charge in [-0.05, 0) is 20.0 Å². The first-order valence-electron chi connectivity index (χ1n) is 5.00. The second kappa shape index (κ2) is 9.19. The van der Waals surface area contributed by atoms with Crippen molar-refractivity contribution in [3.05, 3.63) is 0 Å². The van der Waals surface area contributed by atoms with Gasteiger partial charge in [0.25, 0.3) is 0 Å². The molecule has 0 saturated carbocycles. The summed E-state index contributed by atoms with van der Waals surface area (Å²) in [5.41, 5.74) is 0. The molecule has 0 spiro atoms. The number of rotatable bonds is 7. The summed E-state index contributed by atoms with van der Waals surface area (Å²) in [6.07, 6.45) is 2.37. The molecule has 14 heavy (non-hydrogen) atoms. The van der Waals surface area contributed by atoms with Gasteiger partial charge in [-0.25, -0.2) is 0 Å². The van der Waals surface area contributed by atoms with Gasteiger partial charge in [-0.15, -0.1) is 11.6 Å². The Kier molecular flexibility index (Phi) is 11.4. The molecule has 0 rings (SSSR count). The number of hydrogen-bond donors (Lipinski definition) is 0. The van der Waals surface area contributed by atoms with Gasteiger partial charge in [0.15, 0.2) is 0 Å². The molecule has 0 aromatic heterocycles. The Hall–Kier alpha value is 0.940. The van der Waals surface area contributed by atoms with Gasteiger partial charge in [-0.2, -0.15) is 0 Å². The van der Waals surface area contributed by atoms with Crippen LogP contribution < -0.4 is 24.0 Å². The first kappa shape index (κ1) is 17.3. The Balaban J connectivity index is 0. The zero-order valence-corrected chi connectivity index (χ0v) is 12.8. The van der Waals surface area contributed by atoms with E-state index in [0.717, 1.165) is 23.3 Å². The Morgan fingerprint density at radius 2 is 1.57 bits per heavy atom. The molecule has 88 valence electrons. The number of nitrogens with zero attached hydrogens (tertiary/aromatic N) is 2. The van der Waals surface area contributed by atoms with Gasteiger partial charge in [0.05, 0.1) is 27.7 Å². The number of alkyl halides is 1. The number of halogens is 2. The van der Waals surface area contributed by atoms with Gasteiger partial charge < -0.3 is 33.4 Å². The zero-order chi connectivity index (χ0) is 10.3. The maximum absolute atomic E-state index is 5.62. The Morgan fingerprint density at radius 3 is 2.00 bits per heavy atom. The number of hydrogen-bond acceptors (Lipinski definition) is 1. The molecule has 0 amide bonds. The minimum Gasteiger partial charge on any atom is -1.00 e. The van der Waals surface area contributed by atoms with E-state index >= 15 is 0 Å². The molecule has 2 nitrogen and oxygen atoms in total. The predicted octanol–water partition coefficient (Wildman–Crippen LogP) is -1.35. The average molecular weight is 335 g/mol. The van der Waals surface area contributed by atoms with E-state index in [-0.39, 0.29) is 24.0 Å². The summed E-state index contributed by atoms with van der Waals surface area (Å²) in [4.78, 5) is 2.36. The number of quaternary nitrogens is 1. The van der Waals surface area contributed by atoms with Crippen LogP contribution in [0.15, 0.2) is 0 Å². The molecule has 0 aromatic carbocycles. The van der Waals surface area contributed by atoms with Crippen LogP contribution in [0.4, 0.5) is 0 Å². The molecule has 0 aliphatic heterocycles.